The molecule has 1 aliphatic rings. The Labute approximate surface area is 164 Å². The van der Waals surface area contributed by atoms with Gasteiger partial charge in [-0.2, -0.15) is 0 Å². The van der Waals surface area contributed by atoms with E-state index in [1.54, 1.807) is 30.3 Å². The van der Waals surface area contributed by atoms with Crippen molar-refractivity contribution in [3.63, 3.8) is 0 Å². The number of benzene rings is 3. The molecule has 0 saturated carbocycles. The van der Waals surface area contributed by atoms with E-state index in [2.05, 4.69) is 28.4 Å². The number of amides is 1. The predicted molar refractivity (Wildman–Crippen MR) is 109 cm³/mol. The molecule has 4 rings (SSSR count). The van der Waals surface area contributed by atoms with Crippen molar-refractivity contribution in [1.82, 2.24) is 10.2 Å². The van der Waals surface area contributed by atoms with Crippen molar-refractivity contribution in [2.24, 2.45) is 0 Å². The summed E-state index contributed by atoms with van der Waals surface area (Å²) in [5.74, 6) is -0.00817. The number of fused-ring (bicyclic) bond motifs is 2. The lowest BCUT2D eigenvalue weighted by atomic mass is 10.00. The van der Waals surface area contributed by atoms with Crippen molar-refractivity contribution in [3.05, 3.63) is 77.4 Å². The molecule has 1 unspecified atom stereocenters. The summed E-state index contributed by atoms with van der Waals surface area (Å²) in [6.07, 6.45) is 0.369. The van der Waals surface area contributed by atoms with Crippen molar-refractivity contribution in [2.75, 3.05) is 19.6 Å². The van der Waals surface area contributed by atoms with Crippen LogP contribution >= 0.6 is 0 Å². The van der Waals surface area contributed by atoms with E-state index >= 15 is 0 Å². The molecule has 0 aromatic heterocycles. The molecule has 0 fully saturated rings. The molecule has 1 amide bonds. The van der Waals surface area contributed by atoms with Gasteiger partial charge in [-0.3, -0.25) is 9.69 Å². The van der Waals surface area contributed by atoms with Crippen molar-refractivity contribution in [1.29, 1.82) is 0 Å². The van der Waals surface area contributed by atoms with Crippen LogP contribution in [0.5, 0.6) is 5.75 Å². The van der Waals surface area contributed by atoms with E-state index in [0.29, 0.717) is 12.1 Å². The maximum absolute atomic E-state index is 12.4. The van der Waals surface area contributed by atoms with Gasteiger partial charge in [-0.1, -0.05) is 36.4 Å². The second-order valence-electron chi connectivity index (χ2n) is 7.36. The molecule has 0 radical (unpaired) electrons. The summed E-state index contributed by atoms with van der Waals surface area (Å²) in [5.41, 5.74) is 3.23. The Morgan fingerprint density at radius 1 is 1.04 bits per heavy atom. The monoisotopic (exact) mass is 376 g/mol. The molecule has 5 heteroatoms. The van der Waals surface area contributed by atoms with Crippen LogP contribution in [0.2, 0.25) is 0 Å². The van der Waals surface area contributed by atoms with Crippen LogP contribution in [0.3, 0.4) is 0 Å². The highest BCUT2D eigenvalue weighted by atomic mass is 16.3. The van der Waals surface area contributed by atoms with E-state index in [0.717, 1.165) is 30.3 Å². The molecule has 0 bridgehead atoms. The topological polar surface area (TPSA) is 72.8 Å². The number of β-amino-alcohol motifs (C(OH)–C–C–N with tert-alkyl or cyclic N) is 1. The molecule has 0 spiro atoms. The second-order valence-corrected chi connectivity index (χ2v) is 7.36. The van der Waals surface area contributed by atoms with Gasteiger partial charge in [-0.25, -0.2) is 0 Å². The Balaban J connectivity index is 1.31. The van der Waals surface area contributed by atoms with Crippen LogP contribution in [-0.4, -0.2) is 46.8 Å². The van der Waals surface area contributed by atoms with Gasteiger partial charge < -0.3 is 15.5 Å². The Morgan fingerprint density at radius 3 is 2.64 bits per heavy atom. The van der Waals surface area contributed by atoms with Gasteiger partial charge in [0.2, 0.25) is 0 Å². The SMILES string of the molecule is O=C(NCC(O)CN1CCc2ccccc2C1)c1ccc2cc(O)ccc2c1. The fourth-order valence-electron chi connectivity index (χ4n) is 3.76. The molecule has 3 N–H and O–H groups in total. The van der Waals surface area contributed by atoms with Gasteiger partial charge in [0.25, 0.3) is 5.91 Å². The van der Waals surface area contributed by atoms with Gasteiger partial charge in [-0.15, -0.1) is 0 Å². The zero-order chi connectivity index (χ0) is 19.5. The van der Waals surface area contributed by atoms with Crippen LogP contribution in [0.1, 0.15) is 21.5 Å². The van der Waals surface area contributed by atoms with Crippen LogP contribution in [-0.2, 0) is 13.0 Å². The van der Waals surface area contributed by atoms with E-state index in [-0.39, 0.29) is 18.2 Å². The molecule has 28 heavy (non-hydrogen) atoms. The Morgan fingerprint density at radius 2 is 1.79 bits per heavy atom. The molecule has 1 atom stereocenters. The Bertz CT molecular complexity index is 1000. The fourth-order valence-corrected chi connectivity index (χ4v) is 3.76. The van der Waals surface area contributed by atoms with Gasteiger partial charge in [0.15, 0.2) is 0 Å². The molecular weight excluding hydrogens is 352 g/mol. The number of rotatable bonds is 5. The number of phenolic OH excluding ortho intramolecular Hbond substituents is 1. The number of aliphatic hydroxyl groups excluding tert-OH is 1. The maximum Gasteiger partial charge on any atom is 0.251 e. The molecule has 144 valence electrons. The zero-order valence-corrected chi connectivity index (χ0v) is 15.6. The minimum Gasteiger partial charge on any atom is -0.508 e. The van der Waals surface area contributed by atoms with Crippen LogP contribution in [0.15, 0.2) is 60.7 Å². The van der Waals surface area contributed by atoms with E-state index < -0.39 is 6.10 Å². The normalized spacial score (nSPS) is 15.2. The number of nitrogens with one attached hydrogen (secondary N) is 1. The van der Waals surface area contributed by atoms with E-state index in [4.69, 9.17) is 0 Å². The van der Waals surface area contributed by atoms with Gasteiger partial charge in [0.1, 0.15) is 5.75 Å². The zero-order valence-electron chi connectivity index (χ0n) is 15.6. The number of nitrogens with zero attached hydrogens (tertiary/aromatic N) is 1. The molecule has 5 nitrogen and oxygen atoms in total. The quantitative estimate of drug-likeness (QED) is 0.640. The van der Waals surface area contributed by atoms with Gasteiger partial charge in [-0.05, 0) is 52.6 Å². The first-order chi connectivity index (χ1) is 13.6. The lowest BCUT2D eigenvalue weighted by Crippen LogP contribution is -2.42. The summed E-state index contributed by atoms with van der Waals surface area (Å²) in [4.78, 5) is 14.7. The number of carbonyl (C=O) groups is 1. The number of phenols is 1. The minimum atomic E-state index is -0.619. The lowest BCUT2D eigenvalue weighted by molar-refractivity contribution is 0.0842. The van der Waals surface area contributed by atoms with Gasteiger partial charge >= 0.3 is 0 Å². The standard InChI is InChI=1S/C23H24N2O3/c26-21-8-7-17-11-19(6-5-18(17)12-21)23(28)24-13-22(27)15-25-10-9-16-3-1-2-4-20(16)14-25/h1-8,11-12,22,26-27H,9-10,13-15H2,(H,24,28). The van der Waals surface area contributed by atoms with Crippen LogP contribution < -0.4 is 5.32 Å². The minimum absolute atomic E-state index is 0.202. The highest BCUT2D eigenvalue weighted by molar-refractivity contribution is 5.98. The highest BCUT2D eigenvalue weighted by Crippen LogP contribution is 2.21. The van der Waals surface area contributed by atoms with Crippen molar-refractivity contribution in [2.45, 2.75) is 19.1 Å². The van der Waals surface area contributed by atoms with Crippen LogP contribution in [0.25, 0.3) is 10.8 Å². The van der Waals surface area contributed by atoms with Crippen LogP contribution in [0, 0.1) is 0 Å². The van der Waals surface area contributed by atoms with E-state index in [1.165, 1.54) is 11.1 Å². The number of aliphatic hydroxyl groups is 1. The third-order valence-electron chi connectivity index (χ3n) is 5.26. The fraction of sp³-hybridized carbons (Fsp3) is 0.261. The largest absolute Gasteiger partial charge is 0.508 e. The third kappa shape index (κ3) is 4.16. The average molecular weight is 376 g/mol. The van der Waals surface area contributed by atoms with Crippen molar-refractivity contribution >= 4 is 16.7 Å². The number of carbonyl (C=O) groups excluding carboxylic acids is 1. The first-order valence-corrected chi connectivity index (χ1v) is 9.57. The first kappa shape index (κ1) is 18.5. The number of aromatic hydroxyl groups is 1. The summed E-state index contributed by atoms with van der Waals surface area (Å²) in [6, 6.07) is 18.8. The Hall–Kier alpha value is -2.89. The van der Waals surface area contributed by atoms with Gasteiger partial charge in [0, 0.05) is 31.7 Å². The number of hydrogen-bond donors (Lipinski definition) is 3. The first-order valence-electron chi connectivity index (χ1n) is 9.57. The molecule has 3 aromatic rings. The maximum atomic E-state index is 12.4. The second kappa shape index (κ2) is 8.00. The highest BCUT2D eigenvalue weighted by Gasteiger charge is 2.19. The Kier molecular flexibility index (Phi) is 5.28. The molecule has 0 saturated heterocycles. The molecule has 1 heterocycles. The smallest absolute Gasteiger partial charge is 0.251 e. The number of hydrogen-bond acceptors (Lipinski definition) is 4. The molecular formula is C23H24N2O3. The summed E-state index contributed by atoms with van der Waals surface area (Å²) < 4.78 is 0. The van der Waals surface area contributed by atoms with Crippen molar-refractivity contribution in [3.8, 4) is 5.75 Å². The summed E-state index contributed by atoms with van der Waals surface area (Å²) in [7, 11) is 0. The average Bonchev–Trinajstić information content (AvgIpc) is 2.71. The lowest BCUT2D eigenvalue weighted by Gasteiger charge is -2.30. The molecule has 1 aliphatic heterocycles. The van der Waals surface area contributed by atoms with Gasteiger partial charge in [0.05, 0.1) is 6.10 Å². The summed E-state index contributed by atoms with van der Waals surface area (Å²) in [5, 5.41) is 24.5. The van der Waals surface area contributed by atoms with Crippen molar-refractivity contribution < 1.29 is 15.0 Å². The summed E-state index contributed by atoms with van der Waals surface area (Å²) in [6.45, 7) is 2.49. The molecule has 0 aliphatic carbocycles. The van der Waals surface area contributed by atoms with E-state index in [9.17, 15) is 15.0 Å². The van der Waals surface area contributed by atoms with Crippen LogP contribution in [0.4, 0.5) is 0 Å². The summed E-state index contributed by atoms with van der Waals surface area (Å²) >= 11 is 0. The predicted octanol–water partition coefficient (Wildman–Crippen LogP) is 2.69. The van der Waals surface area contributed by atoms with E-state index in [1.807, 2.05) is 12.1 Å². The molecule has 3 aromatic carbocycles. The third-order valence-corrected chi connectivity index (χ3v) is 5.26.